The van der Waals surface area contributed by atoms with Crippen LogP contribution in [0.15, 0.2) is 30.3 Å². The molecule has 0 radical (unpaired) electrons. The molecule has 1 heterocycles. The van der Waals surface area contributed by atoms with E-state index < -0.39 is 0 Å². The van der Waals surface area contributed by atoms with Crippen LogP contribution in [-0.4, -0.2) is 42.7 Å². The Hall–Kier alpha value is -0.900. The summed E-state index contributed by atoms with van der Waals surface area (Å²) in [6, 6.07) is 10.4. The third kappa shape index (κ3) is 2.56. The van der Waals surface area contributed by atoms with E-state index in [0.29, 0.717) is 12.6 Å². The van der Waals surface area contributed by atoms with Gasteiger partial charge in [0.25, 0.3) is 0 Å². The number of rotatable bonds is 4. The van der Waals surface area contributed by atoms with Crippen molar-refractivity contribution in [1.29, 1.82) is 0 Å². The van der Waals surface area contributed by atoms with Crippen molar-refractivity contribution in [1.82, 2.24) is 10.2 Å². The average molecular weight is 206 g/mol. The Morgan fingerprint density at radius 2 is 2.07 bits per heavy atom. The largest absolute Gasteiger partial charge is 0.387 e. The van der Waals surface area contributed by atoms with Crippen LogP contribution in [0.25, 0.3) is 0 Å². The SMILES string of the molecule is CN(CC(O)c1ccccc1)C1CNC1. The summed E-state index contributed by atoms with van der Waals surface area (Å²) in [6.45, 7) is 2.78. The van der Waals surface area contributed by atoms with Crippen molar-refractivity contribution in [3.63, 3.8) is 0 Å². The first-order valence-electron chi connectivity index (χ1n) is 5.41. The zero-order chi connectivity index (χ0) is 10.7. The summed E-state index contributed by atoms with van der Waals surface area (Å²) >= 11 is 0. The van der Waals surface area contributed by atoms with Crippen molar-refractivity contribution in [2.24, 2.45) is 0 Å². The van der Waals surface area contributed by atoms with E-state index >= 15 is 0 Å². The van der Waals surface area contributed by atoms with Crippen molar-refractivity contribution < 1.29 is 5.11 Å². The molecule has 0 bridgehead atoms. The fourth-order valence-electron chi connectivity index (χ4n) is 1.79. The first kappa shape index (κ1) is 10.6. The lowest BCUT2D eigenvalue weighted by Gasteiger charge is -2.36. The third-order valence-electron chi connectivity index (χ3n) is 3.03. The van der Waals surface area contributed by atoms with Gasteiger partial charge in [-0.15, -0.1) is 0 Å². The van der Waals surface area contributed by atoms with Gasteiger partial charge in [0.15, 0.2) is 0 Å². The van der Waals surface area contributed by atoms with E-state index in [4.69, 9.17) is 0 Å². The highest BCUT2D eigenvalue weighted by Gasteiger charge is 2.23. The number of aliphatic hydroxyl groups is 1. The van der Waals surface area contributed by atoms with Crippen LogP contribution in [0.2, 0.25) is 0 Å². The van der Waals surface area contributed by atoms with Gasteiger partial charge in [0.2, 0.25) is 0 Å². The molecule has 3 heteroatoms. The molecule has 1 fully saturated rings. The maximum absolute atomic E-state index is 10.00. The van der Waals surface area contributed by atoms with Gasteiger partial charge >= 0.3 is 0 Å². The predicted octanol–water partition coefficient (Wildman–Crippen LogP) is 0.624. The summed E-state index contributed by atoms with van der Waals surface area (Å²) in [7, 11) is 2.07. The topological polar surface area (TPSA) is 35.5 Å². The van der Waals surface area contributed by atoms with Crippen molar-refractivity contribution >= 4 is 0 Å². The number of aliphatic hydroxyl groups excluding tert-OH is 1. The Kier molecular flexibility index (Phi) is 3.36. The highest BCUT2D eigenvalue weighted by molar-refractivity contribution is 5.17. The minimum Gasteiger partial charge on any atom is -0.387 e. The van der Waals surface area contributed by atoms with Gasteiger partial charge < -0.3 is 10.4 Å². The average Bonchev–Trinajstić information content (AvgIpc) is 2.16. The van der Waals surface area contributed by atoms with Crippen LogP contribution >= 0.6 is 0 Å². The number of hydrogen-bond acceptors (Lipinski definition) is 3. The zero-order valence-corrected chi connectivity index (χ0v) is 9.06. The van der Waals surface area contributed by atoms with E-state index in [1.54, 1.807) is 0 Å². The van der Waals surface area contributed by atoms with Crippen molar-refractivity contribution in [2.45, 2.75) is 12.1 Å². The maximum Gasteiger partial charge on any atom is 0.0916 e. The number of nitrogens with zero attached hydrogens (tertiary/aromatic N) is 1. The molecule has 82 valence electrons. The van der Waals surface area contributed by atoms with Crippen LogP contribution < -0.4 is 5.32 Å². The normalized spacial score (nSPS) is 18.9. The molecule has 15 heavy (non-hydrogen) atoms. The molecular weight excluding hydrogens is 188 g/mol. The Bertz CT molecular complexity index is 298. The number of hydrogen-bond donors (Lipinski definition) is 2. The molecule has 1 saturated heterocycles. The summed E-state index contributed by atoms with van der Waals surface area (Å²) in [5, 5.41) is 13.2. The summed E-state index contributed by atoms with van der Waals surface area (Å²) in [5.41, 5.74) is 0.997. The molecule has 1 aliphatic heterocycles. The molecule has 3 nitrogen and oxygen atoms in total. The second-order valence-corrected chi connectivity index (χ2v) is 4.18. The van der Waals surface area contributed by atoms with E-state index in [0.717, 1.165) is 18.7 Å². The van der Waals surface area contributed by atoms with Crippen LogP contribution in [-0.2, 0) is 0 Å². The first-order valence-corrected chi connectivity index (χ1v) is 5.41. The van der Waals surface area contributed by atoms with Gasteiger partial charge in [-0.05, 0) is 12.6 Å². The molecule has 2 rings (SSSR count). The van der Waals surface area contributed by atoms with Gasteiger partial charge in [-0.25, -0.2) is 0 Å². The molecule has 2 N–H and O–H groups in total. The Labute approximate surface area is 90.7 Å². The molecule has 0 spiro atoms. The monoisotopic (exact) mass is 206 g/mol. The number of benzene rings is 1. The second-order valence-electron chi connectivity index (χ2n) is 4.18. The second kappa shape index (κ2) is 4.75. The lowest BCUT2D eigenvalue weighted by Crippen LogP contribution is -2.56. The van der Waals surface area contributed by atoms with Crippen LogP contribution in [0.4, 0.5) is 0 Å². The van der Waals surface area contributed by atoms with E-state index in [2.05, 4.69) is 17.3 Å². The number of likely N-dealkylation sites (N-methyl/N-ethyl adjacent to an activating group) is 1. The first-order chi connectivity index (χ1) is 7.27. The summed E-state index contributed by atoms with van der Waals surface area (Å²) in [4.78, 5) is 2.22. The minimum atomic E-state index is -0.378. The predicted molar refractivity (Wildman–Crippen MR) is 60.7 cm³/mol. The summed E-state index contributed by atoms with van der Waals surface area (Å²) in [5.74, 6) is 0. The van der Waals surface area contributed by atoms with Gasteiger partial charge in [0.1, 0.15) is 0 Å². The molecule has 1 atom stereocenters. The smallest absolute Gasteiger partial charge is 0.0916 e. The Balaban J connectivity index is 1.88. The minimum absolute atomic E-state index is 0.378. The lowest BCUT2D eigenvalue weighted by molar-refractivity contribution is 0.0867. The fraction of sp³-hybridized carbons (Fsp3) is 0.500. The van der Waals surface area contributed by atoms with Gasteiger partial charge in [-0.3, -0.25) is 4.90 Å². The van der Waals surface area contributed by atoms with Gasteiger partial charge in [0.05, 0.1) is 6.10 Å². The van der Waals surface area contributed by atoms with Crippen LogP contribution in [0.1, 0.15) is 11.7 Å². The Morgan fingerprint density at radius 3 is 2.60 bits per heavy atom. The standard InChI is InChI=1S/C12H18N2O/c1-14(11-7-13-8-11)9-12(15)10-5-3-2-4-6-10/h2-6,11-13,15H,7-9H2,1H3. The van der Waals surface area contributed by atoms with Gasteiger partial charge in [0, 0.05) is 25.7 Å². The van der Waals surface area contributed by atoms with E-state index in [-0.39, 0.29) is 6.10 Å². The van der Waals surface area contributed by atoms with Crippen molar-refractivity contribution in [3.8, 4) is 0 Å². The highest BCUT2D eigenvalue weighted by atomic mass is 16.3. The molecule has 1 aromatic rings. The van der Waals surface area contributed by atoms with Crippen LogP contribution in [0, 0.1) is 0 Å². The Morgan fingerprint density at radius 1 is 1.40 bits per heavy atom. The number of nitrogens with one attached hydrogen (secondary N) is 1. The fourth-order valence-corrected chi connectivity index (χ4v) is 1.79. The molecular formula is C12H18N2O. The van der Waals surface area contributed by atoms with Gasteiger partial charge in [-0.1, -0.05) is 30.3 Å². The van der Waals surface area contributed by atoms with Crippen molar-refractivity contribution in [3.05, 3.63) is 35.9 Å². The quantitative estimate of drug-likeness (QED) is 0.758. The summed E-state index contributed by atoms with van der Waals surface area (Å²) < 4.78 is 0. The van der Waals surface area contributed by atoms with E-state index in [9.17, 15) is 5.11 Å². The van der Waals surface area contributed by atoms with Crippen molar-refractivity contribution in [2.75, 3.05) is 26.7 Å². The zero-order valence-electron chi connectivity index (χ0n) is 9.06. The molecule has 1 aromatic carbocycles. The highest BCUT2D eigenvalue weighted by Crippen LogP contribution is 2.14. The van der Waals surface area contributed by atoms with E-state index in [1.165, 1.54) is 0 Å². The van der Waals surface area contributed by atoms with Crippen LogP contribution in [0.5, 0.6) is 0 Å². The maximum atomic E-state index is 10.00. The molecule has 0 amide bonds. The molecule has 0 aliphatic carbocycles. The van der Waals surface area contributed by atoms with Gasteiger partial charge in [-0.2, -0.15) is 0 Å². The molecule has 0 aromatic heterocycles. The summed E-state index contributed by atoms with van der Waals surface area (Å²) in [6.07, 6.45) is -0.378. The molecule has 1 aliphatic rings. The van der Waals surface area contributed by atoms with E-state index in [1.807, 2.05) is 30.3 Å². The molecule has 1 unspecified atom stereocenters. The third-order valence-corrected chi connectivity index (χ3v) is 3.03. The molecule has 0 saturated carbocycles. The van der Waals surface area contributed by atoms with Crippen LogP contribution in [0.3, 0.4) is 0 Å². The lowest BCUT2D eigenvalue weighted by atomic mass is 10.1.